The quantitative estimate of drug-likeness (QED) is 0.703. The molecule has 2 aromatic rings. The molecule has 0 saturated carbocycles. The maximum atomic E-state index is 12.0. The van der Waals surface area contributed by atoms with Crippen LogP contribution in [0.3, 0.4) is 0 Å². The molecule has 0 aliphatic heterocycles. The molecular formula is C16H16ClNO2. The Morgan fingerprint density at radius 3 is 2.40 bits per heavy atom. The topological polar surface area (TPSA) is 53.9 Å². The average molecular weight is 290 g/mol. The van der Waals surface area contributed by atoms with Crippen molar-refractivity contribution in [1.29, 1.82) is 0 Å². The van der Waals surface area contributed by atoms with Crippen molar-refractivity contribution in [1.82, 2.24) is 0 Å². The number of fused-ring (bicyclic) bond motifs is 1. The third-order valence-electron chi connectivity index (χ3n) is 3.59. The van der Waals surface area contributed by atoms with Crippen molar-refractivity contribution in [2.45, 2.75) is 18.6 Å². The number of carbonyl (C=O) groups is 1. The number of hydrogen-bond acceptors (Lipinski definition) is 2. The maximum Gasteiger partial charge on any atom is 0.338 e. The molecular weight excluding hydrogens is 274 g/mol. The van der Waals surface area contributed by atoms with Gasteiger partial charge in [0, 0.05) is 12.0 Å². The van der Waals surface area contributed by atoms with Gasteiger partial charge >= 0.3 is 5.97 Å². The first kappa shape index (κ1) is 14.6. The highest BCUT2D eigenvalue weighted by atomic mass is 35.5. The van der Waals surface area contributed by atoms with Gasteiger partial charge in [-0.05, 0) is 17.7 Å². The Balaban J connectivity index is 0.00000147. The molecule has 0 unspecified atom stereocenters. The van der Waals surface area contributed by atoms with Gasteiger partial charge in [-0.15, -0.1) is 0 Å². The van der Waals surface area contributed by atoms with Crippen LogP contribution < -0.4 is 18.1 Å². The first-order valence-electron chi connectivity index (χ1n) is 6.42. The number of hydrogen-bond donors (Lipinski definition) is 1. The van der Waals surface area contributed by atoms with Gasteiger partial charge in [-0.1, -0.05) is 42.5 Å². The van der Waals surface area contributed by atoms with Gasteiger partial charge in [0.15, 0.2) is 6.10 Å². The molecule has 0 aromatic heterocycles. The molecule has 1 aliphatic carbocycles. The lowest BCUT2D eigenvalue weighted by Gasteiger charge is -2.14. The smallest absolute Gasteiger partial charge is 0.338 e. The molecule has 3 rings (SSSR count). The summed E-state index contributed by atoms with van der Waals surface area (Å²) in [6, 6.07) is 17.2. The van der Waals surface area contributed by atoms with E-state index in [9.17, 15) is 4.79 Å². The van der Waals surface area contributed by atoms with Gasteiger partial charge in [0.25, 0.3) is 0 Å². The molecule has 20 heavy (non-hydrogen) atoms. The molecule has 1 aliphatic rings. The van der Waals surface area contributed by atoms with Crippen molar-refractivity contribution >= 4 is 5.97 Å². The van der Waals surface area contributed by atoms with E-state index in [1.807, 2.05) is 30.3 Å². The number of benzene rings is 2. The van der Waals surface area contributed by atoms with Crippen LogP contribution in [0, 0.1) is 0 Å². The molecule has 0 heterocycles. The molecule has 0 saturated heterocycles. The van der Waals surface area contributed by atoms with Crippen molar-refractivity contribution in [2.24, 2.45) is 0 Å². The van der Waals surface area contributed by atoms with E-state index in [1.165, 1.54) is 11.1 Å². The summed E-state index contributed by atoms with van der Waals surface area (Å²) < 4.78 is 5.59. The molecule has 104 valence electrons. The Hall–Kier alpha value is -1.84. The summed E-state index contributed by atoms with van der Waals surface area (Å²) in [6.07, 6.45) is 0.591. The molecule has 0 amide bonds. The minimum absolute atomic E-state index is 0. The molecule has 3 nitrogen and oxygen atoms in total. The van der Waals surface area contributed by atoms with E-state index in [4.69, 9.17) is 4.74 Å². The normalized spacial score (nSPS) is 19.9. The van der Waals surface area contributed by atoms with Crippen LogP contribution in [0.5, 0.6) is 0 Å². The van der Waals surface area contributed by atoms with Gasteiger partial charge in [0.05, 0.1) is 5.56 Å². The highest BCUT2D eigenvalue weighted by molar-refractivity contribution is 5.89. The summed E-state index contributed by atoms with van der Waals surface area (Å²) in [4.78, 5) is 12.0. The lowest BCUT2D eigenvalue weighted by atomic mass is 10.1. The predicted octanol–water partition coefficient (Wildman–Crippen LogP) is -1.24. The fourth-order valence-electron chi connectivity index (χ4n) is 2.54. The van der Waals surface area contributed by atoms with E-state index in [0.29, 0.717) is 5.56 Å². The Morgan fingerprint density at radius 2 is 1.70 bits per heavy atom. The van der Waals surface area contributed by atoms with Crippen LogP contribution in [-0.2, 0) is 11.2 Å². The maximum absolute atomic E-state index is 12.0. The minimum atomic E-state index is -0.271. The fraction of sp³-hybridized carbons (Fsp3) is 0.188. The second-order valence-corrected chi connectivity index (χ2v) is 4.82. The summed E-state index contributed by atoms with van der Waals surface area (Å²) in [5.74, 6) is -0.271. The van der Waals surface area contributed by atoms with E-state index in [1.54, 1.807) is 12.1 Å². The molecule has 2 aromatic carbocycles. The molecule has 0 radical (unpaired) electrons. The van der Waals surface area contributed by atoms with E-state index >= 15 is 0 Å². The van der Waals surface area contributed by atoms with Gasteiger partial charge in [0.2, 0.25) is 0 Å². The van der Waals surface area contributed by atoms with Crippen molar-refractivity contribution in [3.8, 4) is 0 Å². The number of ether oxygens (including phenoxy) is 1. The zero-order chi connectivity index (χ0) is 13.2. The summed E-state index contributed by atoms with van der Waals surface area (Å²) in [6.45, 7) is 0. The Morgan fingerprint density at radius 1 is 1.05 bits per heavy atom. The summed E-state index contributed by atoms with van der Waals surface area (Å²) in [5.41, 5.74) is 7.14. The van der Waals surface area contributed by atoms with Gasteiger partial charge in [-0.3, -0.25) is 0 Å². The SMILES string of the molecule is [Cl-].[NH3+][C@@H]1c2ccccc2C[C@H]1OC(=O)c1ccccc1. The average Bonchev–Trinajstić information content (AvgIpc) is 2.77. The second kappa shape index (κ2) is 6.07. The Kier molecular flexibility index (Phi) is 4.42. The number of carbonyl (C=O) groups excluding carboxylic acids is 1. The summed E-state index contributed by atoms with van der Waals surface area (Å²) in [5, 5.41) is 0. The van der Waals surface area contributed by atoms with Crippen molar-refractivity contribution in [3.63, 3.8) is 0 Å². The van der Waals surface area contributed by atoms with Crippen LogP contribution in [0.25, 0.3) is 0 Å². The van der Waals surface area contributed by atoms with E-state index < -0.39 is 0 Å². The highest BCUT2D eigenvalue weighted by Gasteiger charge is 2.35. The molecule has 4 heteroatoms. The van der Waals surface area contributed by atoms with Crippen LogP contribution in [-0.4, -0.2) is 12.1 Å². The van der Waals surface area contributed by atoms with Crippen molar-refractivity contribution < 1.29 is 27.7 Å². The number of rotatable bonds is 2. The van der Waals surface area contributed by atoms with Gasteiger partial charge in [0.1, 0.15) is 6.04 Å². The standard InChI is InChI=1S/C16H15NO2.ClH/c17-15-13-9-5-4-8-12(13)10-14(15)19-16(18)11-6-2-1-3-7-11;/h1-9,14-15H,10,17H2;1H/t14-,15-;/m1./s1. The predicted molar refractivity (Wildman–Crippen MR) is 71.4 cm³/mol. The largest absolute Gasteiger partial charge is 1.00 e. The lowest BCUT2D eigenvalue weighted by Crippen LogP contribution is -3.00. The first-order chi connectivity index (χ1) is 9.25. The third-order valence-corrected chi connectivity index (χ3v) is 3.59. The Labute approximate surface area is 124 Å². The zero-order valence-electron chi connectivity index (χ0n) is 11.0. The lowest BCUT2D eigenvalue weighted by molar-refractivity contribution is -0.440. The van der Waals surface area contributed by atoms with Gasteiger partial charge < -0.3 is 22.9 Å². The van der Waals surface area contributed by atoms with Crippen molar-refractivity contribution in [2.75, 3.05) is 0 Å². The monoisotopic (exact) mass is 289 g/mol. The Bertz CT molecular complexity index is 600. The minimum Gasteiger partial charge on any atom is -1.00 e. The van der Waals surface area contributed by atoms with Crippen LogP contribution in [0.2, 0.25) is 0 Å². The van der Waals surface area contributed by atoms with Gasteiger partial charge in [-0.25, -0.2) is 4.79 Å². The first-order valence-corrected chi connectivity index (χ1v) is 6.42. The molecule has 0 bridgehead atoms. The zero-order valence-corrected chi connectivity index (χ0v) is 11.7. The second-order valence-electron chi connectivity index (χ2n) is 4.82. The fourth-order valence-corrected chi connectivity index (χ4v) is 2.54. The molecule has 3 N–H and O–H groups in total. The van der Waals surface area contributed by atoms with E-state index in [0.717, 1.165) is 6.42 Å². The van der Waals surface area contributed by atoms with Crippen LogP contribution in [0.15, 0.2) is 54.6 Å². The molecule has 0 fully saturated rings. The van der Waals surface area contributed by atoms with E-state index in [-0.39, 0.29) is 30.5 Å². The van der Waals surface area contributed by atoms with E-state index in [2.05, 4.69) is 17.9 Å². The number of halogens is 1. The third kappa shape index (κ3) is 2.69. The molecule has 2 atom stereocenters. The van der Waals surface area contributed by atoms with Crippen molar-refractivity contribution in [3.05, 3.63) is 71.3 Å². The highest BCUT2D eigenvalue weighted by Crippen LogP contribution is 2.30. The summed E-state index contributed by atoms with van der Waals surface area (Å²) >= 11 is 0. The molecule has 0 spiro atoms. The van der Waals surface area contributed by atoms with Crippen LogP contribution in [0.1, 0.15) is 27.5 Å². The van der Waals surface area contributed by atoms with Gasteiger partial charge in [-0.2, -0.15) is 0 Å². The van der Waals surface area contributed by atoms with Crippen LogP contribution in [0.4, 0.5) is 0 Å². The van der Waals surface area contributed by atoms with Crippen LogP contribution >= 0.6 is 0 Å². The number of esters is 1. The summed E-state index contributed by atoms with van der Waals surface area (Å²) in [7, 11) is 0. The number of quaternary nitrogens is 1.